The van der Waals surface area contributed by atoms with Crippen molar-refractivity contribution in [2.24, 2.45) is 5.92 Å². The Hall–Kier alpha value is -2.79. The highest BCUT2D eigenvalue weighted by Crippen LogP contribution is 2.31. The van der Waals surface area contributed by atoms with Crippen molar-refractivity contribution in [2.45, 2.75) is 13.0 Å². The molecule has 0 bridgehead atoms. The fraction of sp³-hybridized carbons (Fsp3) is 0.158. The van der Waals surface area contributed by atoms with Gasteiger partial charge in [0.2, 0.25) is 5.91 Å². The summed E-state index contributed by atoms with van der Waals surface area (Å²) in [6.45, 7) is 5.83. The molecule has 0 saturated carbocycles. The highest BCUT2D eigenvalue weighted by Gasteiger charge is 2.37. The summed E-state index contributed by atoms with van der Waals surface area (Å²) in [6, 6.07) is 13.7. The lowest BCUT2D eigenvalue weighted by Crippen LogP contribution is -2.51. The van der Waals surface area contributed by atoms with E-state index < -0.39 is 12.0 Å². The molecule has 1 aliphatic heterocycles. The molecule has 0 aromatic heterocycles. The summed E-state index contributed by atoms with van der Waals surface area (Å²) in [5, 5.41) is 8.85. The van der Waals surface area contributed by atoms with Crippen LogP contribution in [0.5, 0.6) is 0 Å². The summed E-state index contributed by atoms with van der Waals surface area (Å²) in [6.07, 6.45) is 0. The standard InChI is InChI=1S/C19H18ClN3O2/c1-11-4-3-5-13(10-11)17-16(12(2)21-19(25)23-17)18(24)22-15-8-6-14(20)7-9-15/h3-10,16-17H,2H2,1H3,(H,22,24)(H2,21,23,25)/t16-,17-/m1/s1. The molecule has 1 fully saturated rings. The quantitative estimate of drug-likeness (QED) is 0.784. The minimum atomic E-state index is -0.643. The Morgan fingerprint density at radius 2 is 1.92 bits per heavy atom. The van der Waals surface area contributed by atoms with Crippen LogP contribution in [0, 0.1) is 12.8 Å². The number of halogens is 1. The van der Waals surface area contributed by atoms with Gasteiger partial charge in [0.25, 0.3) is 0 Å². The zero-order valence-corrected chi connectivity index (χ0v) is 14.4. The summed E-state index contributed by atoms with van der Waals surface area (Å²) in [4.78, 5) is 24.7. The molecule has 1 aliphatic rings. The molecule has 6 heteroatoms. The monoisotopic (exact) mass is 355 g/mol. The summed E-state index contributed by atoms with van der Waals surface area (Å²) in [5.74, 6) is -0.901. The maximum Gasteiger partial charge on any atom is 0.319 e. The van der Waals surface area contributed by atoms with Crippen molar-refractivity contribution in [3.8, 4) is 0 Å². The molecule has 1 saturated heterocycles. The first-order chi connectivity index (χ1) is 11.9. The molecule has 0 spiro atoms. The van der Waals surface area contributed by atoms with Crippen LogP contribution in [0.2, 0.25) is 5.02 Å². The number of aryl methyl sites for hydroxylation is 1. The third kappa shape index (κ3) is 3.83. The average molecular weight is 356 g/mol. The van der Waals surface area contributed by atoms with Gasteiger partial charge < -0.3 is 16.0 Å². The predicted octanol–water partition coefficient (Wildman–Crippen LogP) is 3.77. The van der Waals surface area contributed by atoms with E-state index in [1.54, 1.807) is 24.3 Å². The second-order valence-corrected chi connectivity index (χ2v) is 6.43. The summed E-state index contributed by atoms with van der Waals surface area (Å²) >= 11 is 5.87. The zero-order chi connectivity index (χ0) is 18.0. The number of carbonyl (C=O) groups is 2. The first-order valence-electron chi connectivity index (χ1n) is 7.83. The van der Waals surface area contributed by atoms with Crippen molar-refractivity contribution in [1.29, 1.82) is 0 Å². The third-order valence-corrected chi connectivity index (χ3v) is 4.32. The molecule has 2 atom stereocenters. The summed E-state index contributed by atoms with van der Waals surface area (Å²) in [5.41, 5.74) is 2.89. The van der Waals surface area contributed by atoms with Crippen molar-refractivity contribution in [3.63, 3.8) is 0 Å². The number of nitrogens with one attached hydrogen (secondary N) is 3. The Kier molecular flexibility index (Phi) is 4.76. The van der Waals surface area contributed by atoms with Crippen LogP contribution in [-0.4, -0.2) is 11.9 Å². The van der Waals surface area contributed by atoms with Crippen LogP contribution >= 0.6 is 11.6 Å². The minimum Gasteiger partial charge on any atom is -0.330 e. The Morgan fingerprint density at radius 1 is 1.20 bits per heavy atom. The third-order valence-electron chi connectivity index (χ3n) is 4.06. The van der Waals surface area contributed by atoms with Crippen LogP contribution in [0.3, 0.4) is 0 Å². The second-order valence-electron chi connectivity index (χ2n) is 5.99. The van der Waals surface area contributed by atoms with Gasteiger partial charge in [-0.25, -0.2) is 4.79 Å². The Bertz CT molecular complexity index is 833. The van der Waals surface area contributed by atoms with Crippen LogP contribution in [0.25, 0.3) is 0 Å². The molecule has 25 heavy (non-hydrogen) atoms. The molecule has 2 aromatic rings. The molecule has 3 N–H and O–H groups in total. The predicted molar refractivity (Wildman–Crippen MR) is 98.3 cm³/mol. The van der Waals surface area contributed by atoms with Gasteiger partial charge >= 0.3 is 6.03 Å². The number of anilines is 1. The van der Waals surface area contributed by atoms with Gasteiger partial charge in [-0.2, -0.15) is 0 Å². The van der Waals surface area contributed by atoms with Gasteiger partial charge in [-0.3, -0.25) is 4.79 Å². The molecule has 0 aliphatic carbocycles. The number of benzene rings is 2. The first kappa shape index (κ1) is 17.0. The normalized spacial score (nSPS) is 19.8. The lowest BCUT2D eigenvalue weighted by atomic mass is 9.87. The molecule has 5 nitrogen and oxygen atoms in total. The fourth-order valence-corrected chi connectivity index (χ4v) is 3.01. The van der Waals surface area contributed by atoms with E-state index in [1.165, 1.54) is 0 Å². The molecule has 1 heterocycles. The lowest BCUT2D eigenvalue weighted by Gasteiger charge is -2.34. The van der Waals surface area contributed by atoms with Gasteiger partial charge in [0.05, 0.1) is 6.04 Å². The number of urea groups is 1. The SMILES string of the molecule is C=C1NC(=O)N[C@H](c2cccc(C)c2)[C@@H]1C(=O)Nc1ccc(Cl)cc1. The average Bonchev–Trinajstić information content (AvgIpc) is 2.56. The number of carbonyl (C=O) groups excluding carboxylic acids is 2. The van der Waals surface area contributed by atoms with E-state index in [1.807, 2.05) is 31.2 Å². The topological polar surface area (TPSA) is 70.2 Å². The number of hydrogen-bond donors (Lipinski definition) is 3. The van der Waals surface area contributed by atoms with Gasteiger partial charge in [-0.05, 0) is 36.8 Å². The van der Waals surface area contributed by atoms with Gasteiger partial charge in [-0.15, -0.1) is 0 Å². The highest BCUT2D eigenvalue weighted by atomic mass is 35.5. The first-order valence-corrected chi connectivity index (χ1v) is 8.21. The summed E-state index contributed by atoms with van der Waals surface area (Å²) in [7, 11) is 0. The van der Waals surface area contributed by atoms with E-state index in [-0.39, 0.29) is 11.9 Å². The zero-order valence-electron chi connectivity index (χ0n) is 13.7. The van der Waals surface area contributed by atoms with E-state index >= 15 is 0 Å². The molecule has 0 unspecified atom stereocenters. The smallest absolute Gasteiger partial charge is 0.319 e. The van der Waals surface area contributed by atoms with E-state index in [0.29, 0.717) is 16.4 Å². The molecule has 3 amide bonds. The van der Waals surface area contributed by atoms with Crippen LogP contribution < -0.4 is 16.0 Å². The molecule has 2 aromatic carbocycles. The Morgan fingerprint density at radius 3 is 2.60 bits per heavy atom. The van der Waals surface area contributed by atoms with Crippen molar-refractivity contribution in [2.75, 3.05) is 5.32 Å². The van der Waals surface area contributed by atoms with Gasteiger partial charge in [-0.1, -0.05) is 48.0 Å². The maximum atomic E-state index is 12.8. The number of amides is 3. The van der Waals surface area contributed by atoms with E-state index in [0.717, 1.165) is 11.1 Å². The lowest BCUT2D eigenvalue weighted by molar-refractivity contribution is -0.119. The van der Waals surface area contributed by atoms with Crippen molar-refractivity contribution in [3.05, 3.63) is 77.0 Å². The highest BCUT2D eigenvalue weighted by molar-refractivity contribution is 6.30. The molecule has 0 radical (unpaired) electrons. The van der Waals surface area contributed by atoms with Crippen molar-refractivity contribution in [1.82, 2.24) is 10.6 Å². The minimum absolute atomic E-state index is 0.258. The van der Waals surface area contributed by atoms with Crippen LogP contribution in [0.15, 0.2) is 60.8 Å². The van der Waals surface area contributed by atoms with Gasteiger partial charge in [0.15, 0.2) is 0 Å². The van der Waals surface area contributed by atoms with E-state index in [9.17, 15) is 9.59 Å². The largest absolute Gasteiger partial charge is 0.330 e. The molecular weight excluding hydrogens is 338 g/mol. The van der Waals surface area contributed by atoms with Crippen LogP contribution in [0.4, 0.5) is 10.5 Å². The number of rotatable bonds is 3. The van der Waals surface area contributed by atoms with Gasteiger partial charge in [0.1, 0.15) is 5.92 Å². The Balaban J connectivity index is 1.89. The van der Waals surface area contributed by atoms with Crippen molar-refractivity contribution >= 4 is 29.2 Å². The van der Waals surface area contributed by atoms with Crippen molar-refractivity contribution < 1.29 is 9.59 Å². The summed E-state index contributed by atoms with van der Waals surface area (Å²) < 4.78 is 0. The van der Waals surface area contributed by atoms with Crippen LogP contribution in [-0.2, 0) is 4.79 Å². The second kappa shape index (κ2) is 6.99. The Labute approximate surface area is 151 Å². The van der Waals surface area contributed by atoms with Crippen LogP contribution in [0.1, 0.15) is 17.2 Å². The fourth-order valence-electron chi connectivity index (χ4n) is 2.89. The molecular formula is C19H18ClN3O2. The molecule has 128 valence electrons. The van der Waals surface area contributed by atoms with E-state index in [4.69, 9.17) is 11.6 Å². The van der Waals surface area contributed by atoms with E-state index in [2.05, 4.69) is 22.5 Å². The molecule has 3 rings (SSSR count). The number of hydrogen-bond acceptors (Lipinski definition) is 2. The maximum absolute atomic E-state index is 12.8. The van der Waals surface area contributed by atoms with Gasteiger partial charge in [0, 0.05) is 16.4 Å².